The Bertz CT molecular complexity index is 972. The largest absolute Gasteiger partial charge is 0.384 e. The molecule has 0 saturated carbocycles. The summed E-state index contributed by atoms with van der Waals surface area (Å²) >= 11 is 1.50. The second-order valence-electron chi connectivity index (χ2n) is 6.87. The fraction of sp³-hybridized carbons (Fsp3) is 0.316. The molecule has 0 amide bonds. The van der Waals surface area contributed by atoms with Crippen LogP contribution in [0.5, 0.6) is 0 Å². The quantitative estimate of drug-likeness (QED) is 0.600. The molecule has 10 heteroatoms. The van der Waals surface area contributed by atoms with Crippen molar-refractivity contribution >= 4 is 29.2 Å². The highest BCUT2D eigenvalue weighted by Crippen LogP contribution is 2.27. The summed E-state index contributed by atoms with van der Waals surface area (Å²) in [5.41, 5.74) is 14.1. The zero-order valence-corrected chi connectivity index (χ0v) is 17.0. The van der Waals surface area contributed by atoms with Crippen LogP contribution in [-0.2, 0) is 5.75 Å². The van der Waals surface area contributed by atoms with Gasteiger partial charge in [-0.2, -0.15) is 0 Å². The standard InChI is InChI=1S/C19H23N9S/c1-27-4-6-28(7-5-27)17-11-23-14(9-24-17)15-10-25-18(21)19(26-15)29-12-13-2-3-22-16(20)8-13/h2-3,8-11H,4-7,12H2,1H3,(H2,20,22)(H2,21,25). The van der Waals surface area contributed by atoms with E-state index >= 15 is 0 Å². The molecule has 1 aliphatic rings. The third kappa shape index (κ3) is 4.72. The molecule has 0 aliphatic carbocycles. The minimum absolute atomic E-state index is 0.391. The summed E-state index contributed by atoms with van der Waals surface area (Å²) in [5.74, 6) is 2.44. The van der Waals surface area contributed by atoms with E-state index in [1.165, 1.54) is 11.8 Å². The average molecular weight is 410 g/mol. The molecule has 29 heavy (non-hydrogen) atoms. The van der Waals surface area contributed by atoms with Crippen LogP contribution in [-0.4, -0.2) is 63.0 Å². The molecule has 1 saturated heterocycles. The lowest BCUT2D eigenvalue weighted by Crippen LogP contribution is -2.44. The van der Waals surface area contributed by atoms with Gasteiger partial charge >= 0.3 is 0 Å². The maximum atomic E-state index is 6.02. The van der Waals surface area contributed by atoms with E-state index in [2.05, 4.69) is 41.8 Å². The highest BCUT2D eigenvalue weighted by atomic mass is 32.2. The molecule has 150 valence electrons. The molecule has 4 rings (SSSR count). The summed E-state index contributed by atoms with van der Waals surface area (Å²) in [6.07, 6.45) is 6.86. The summed E-state index contributed by atoms with van der Waals surface area (Å²) in [6, 6.07) is 3.75. The molecule has 0 atom stereocenters. The normalized spacial score (nSPS) is 14.9. The SMILES string of the molecule is CN1CCN(c2cnc(-c3cnc(N)c(SCc4ccnc(N)c4)n3)cn2)CC1. The minimum atomic E-state index is 0.391. The van der Waals surface area contributed by atoms with Crippen LogP contribution < -0.4 is 16.4 Å². The lowest BCUT2D eigenvalue weighted by molar-refractivity contribution is 0.312. The van der Waals surface area contributed by atoms with Crippen molar-refractivity contribution in [3.63, 3.8) is 0 Å². The average Bonchev–Trinajstić information content (AvgIpc) is 2.74. The summed E-state index contributed by atoms with van der Waals surface area (Å²) in [7, 11) is 2.13. The molecule has 9 nitrogen and oxygen atoms in total. The summed E-state index contributed by atoms with van der Waals surface area (Å²) < 4.78 is 0. The van der Waals surface area contributed by atoms with Crippen molar-refractivity contribution in [3.8, 4) is 11.4 Å². The molecule has 0 radical (unpaired) electrons. The van der Waals surface area contributed by atoms with E-state index in [-0.39, 0.29) is 0 Å². The molecular weight excluding hydrogens is 386 g/mol. The zero-order chi connectivity index (χ0) is 20.2. The van der Waals surface area contributed by atoms with Crippen LogP contribution in [0.3, 0.4) is 0 Å². The maximum Gasteiger partial charge on any atom is 0.156 e. The Morgan fingerprint density at radius 1 is 0.966 bits per heavy atom. The smallest absolute Gasteiger partial charge is 0.156 e. The van der Waals surface area contributed by atoms with Crippen LogP contribution in [0.25, 0.3) is 11.4 Å². The van der Waals surface area contributed by atoms with E-state index in [0.29, 0.717) is 33.8 Å². The molecule has 0 aromatic carbocycles. The van der Waals surface area contributed by atoms with E-state index in [4.69, 9.17) is 11.5 Å². The molecular formula is C19H23N9S. The van der Waals surface area contributed by atoms with Gasteiger partial charge in [0.2, 0.25) is 0 Å². The van der Waals surface area contributed by atoms with Crippen molar-refractivity contribution < 1.29 is 0 Å². The van der Waals surface area contributed by atoms with Crippen molar-refractivity contribution in [2.75, 3.05) is 49.6 Å². The topological polar surface area (TPSA) is 123 Å². The Kier molecular flexibility index (Phi) is 5.72. The van der Waals surface area contributed by atoms with Crippen molar-refractivity contribution in [2.45, 2.75) is 10.8 Å². The Balaban J connectivity index is 1.48. The summed E-state index contributed by atoms with van der Waals surface area (Å²) in [5, 5.41) is 0.655. The monoisotopic (exact) mass is 409 g/mol. The number of thioether (sulfide) groups is 1. The zero-order valence-electron chi connectivity index (χ0n) is 16.2. The van der Waals surface area contributed by atoms with E-state index in [0.717, 1.165) is 37.6 Å². The van der Waals surface area contributed by atoms with Gasteiger partial charge in [0.05, 0.1) is 18.6 Å². The number of hydrogen-bond acceptors (Lipinski definition) is 10. The first kappa shape index (κ1) is 19.3. The van der Waals surface area contributed by atoms with E-state index in [1.807, 2.05) is 12.1 Å². The number of nitrogens with two attached hydrogens (primary N) is 2. The lowest BCUT2D eigenvalue weighted by atomic mass is 10.3. The van der Waals surface area contributed by atoms with Gasteiger partial charge in [-0.25, -0.2) is 24.9 Å². The summed E-state index contributed by atoms with van der Waals surface area (Å²) in [6.45, 7) is 3.95. The van der Waals surface area contributed by atoms with Crippen LogP contribution in [0.4, 0.5) is 17.5 Å². The minimum Gasteiger partial charge on any atom is -0.384 e. The summed E-state index contributed by atoms with van der Waals surface area (Å²) in [4.78, 5) is 26.6. The Morgan fingerprint density at radius 3 is 2.48 bits per heavy atom. The predicted molar refractivity (Wildman–Crippen MR) is 115 cm³/mol. The number of pyridine rings is 1. The van der Waals surface area contributed by atoms with Crippen molar-refractivity contribution in [3.05, 3.63) is 42.5 Å². The van der Waals surface area contributed by atoms with Gasteiger partial charge in [-0.1, -0.05) is 11.8 Å². The van der Waals surface area contributed by atoms with Crippen molar-refractivity contribution in [1.82, 2.24) is 29.8 Å². The number of hydrogen-bond donors (Lipinski definition) is 2. The van der Waals surface area contributed by atoms with Gasteiger partial charge in [0.1, 0.15) is 28.0 Å². The molecule has 0 spiro atoms. The predicted octanol–water partition coefficient (Wildman–Crippen LogP) is 1.54. The van der Waals surface area contributed by atoms with Crippen LogP contribution in [0, 0.1) is 0 Å². The number of likely N-dealkylation sites (N-methyl/N-ethyl adjacent to an activating group) is 1. The van der Waals surface area contributed by atoms with Gasteiger partial charge in [-0.05, 0) is 24.7 Å². The number of anilines is 3. The lowest BCUT2D eigenvalue weighted by Gasteiger charge is -2.32. The van der Waals surface area contributed by atoms with Gasteiger partial charge in [-0.15, -0.1) is 0 Å². The number of nitrogen functional groups attached to an aromatic ring is 2. The first-order chi connectivity index (χ1) is 14.1. The molecule has 1 aliphatic heterocycles. The second-order valence-corrected chi connectivity index (χ2v) is 7.84. The second kappa shape index (κ2) is 8.58. The number of piperazine rings is 1. The molecule has 0 unspecified atom stereocenters. The molecule has 0 bridgehead atoms. The van der Waals surface area contributed by atoms with Gasteiger partial charge in [0.15, 0.2) is 5.82 Å². The molecule has 3 aromatic rings. The first-order valence-electron chi connectivity index (χ1n) is 9.30. The fourth-order valence-corrected chi connectivity index (χ4v) is 3.85. The van der Waals surface area contributed by atoms with E-state index < -0.39 is 0 Å². The van der Waals surface area contributed by atoms with E-state index in [9.17, 15) is 0 Å². The Hall–Kier alpha value is -2.98. The molecule has 4 heterocycles. The van der Waals surface area contributed by atoms with Gasteiger partial charge in [0, 0.05) is 38.1 Å². The fourth-order valence-electron chi connectivity index (χ4n) is 3.00. The van der Waals surface area contributed by atoms with Crippen molar-refractivity contribution in [1.29, 1.82) is 0 Å². The third-order valence-electron chi connectivity index (χ3n) is 4.72. The van der Waals surface area contributed by atoms with Crippen LogP contribution >= 0.6 is 11.8 Å². The van der Waals surface area contributed by atoms with Crippen molar-refractivity contribution in [2.24, 2.45) is 0 Å². The first-order valence-corrected chi connectivity index (χ1v) is 10.3. The number of nitrogens with zero attached hydrogens (tertiary/aromatic N) is 7. The van der Waals surface area contributed by atoms with E-state index in [1.54, 1.807) is 24.8 Å². The maximum absolute atomic E-state index is 6.02. The van der Waals surface area contributed by atoms with Gasteiger partial charge in [-0.3, -0.25) is 0 Å². The molecule has 1 fully saturated rings. The number of aromatic nitrogens is 5. The van der Waals surface area contributed by atoms with Crippen LogP contribution in [0.1, 0.15) is 5.56 Å². The highest BCUT2D eigenvalue weighted by Gasteiger charge is 2.16. The van der Waals surface area contributed by atoms with Crippen LogP contribution in [0.15, 0.2) is 41.9 Å². The Morgan fingerprint density at radius 2 is 1.76 bits per heavy atom. The van der Waals surface area contributed by atoms with Gasteiger partial charge < -0.3 is 21.3 Å². The third-order valence-corrected chi connectivity index (χ3v) is 5.77. The van der Waals surface area contributed by atoms with Gasteiger partial charge in [0.25, 0.3) is 0 Å². The molecule has 4 N–H and O–H groups in total. The highest BCUT2D eigenvalue weighted by molar-refractivity contribution is 7.98. The molecule has 3 aromatic heterocycles. The van der Waals surface area contributed by atoms with Crippen LogP contribution in [0.2, 0.25) is 0 Å². The Labute approximate surface area is 173 Å². The number of rotatable bonds is 5.